The molecule has 5 nitrogen and oxygen atoms in total. The first-order valence-electron chi connectivity index (χ1n) is 6.69. The van der Waals surface area contributed by atoms with Crippen LogP contribution in [-0.2, 0) is 10.0 Å². The maximum atomic E-state index is 13.6. The second-order valence-corrected chi connectivity index (χ2v) is 6.96. The Morgan fingerprint density at radius 3 is 2.46 bits per heavy atom. The molecule has 0 unspecified atom stereocenters. The number of carbonyl (C=O) groups is 1. The largest absolute Gasteiger partial charge is 0.478 e. The van der Waals surface area contributed by atoms with Crippen LogP contribution < -0.4 is 4.31 Å². The summed E-state index contributed by atoms with van der Waals surface area (Å²) in [5.74, 6) is -3.42. The van der Waals surface area contributed by atoms with E-state index in [0.29, 0.717) is 12.1 Å². The van der Waals surface area contributed by atoms with E-state index in [4.69, 9.17) is 16.7 Å². The molecule has 0 bridgehead atoms. The number of hydrogen-bond acceptors (Lipinski definition) is 3. The van der Waals surface area contributed by atoms with Gasteiger partial charge in [-0.25, -0.2) is 22.0 Å². The molecule has 0 amide bonds. The zero-order valence-electron chi connectivity index (χ0n) is 12.3. The zero-order chi connectivity index (χ0) is 18.1. The number of carboxylic acid groups (broad SMARTS) is 1. The maximum Gasteiger partial charge on any atom is 0.338 e. The molecule has 0 saturated carbocycles. The van der Waals surface area contributed by atoms with Gasteiger partial charge in [0.05, 0.1) is 16.3 Å². The van der Waals surface area contributed by atoms with E-state index in [0.717, 1.165) is 16.4 Å². The normalized spacial score (nSPS) is 11.3. The molecule has 1 N–H and O–H groups in total. The fraction of sp³-hybridized carbons (Fsp3) is 0.133. The smallest absolute Gasteiger partial charge is 0.338 e. The van der Waals surface area contributed by atoms with Gasteiger partial charge >= 0.3 is 5.97 Å². The molecule has 0 atom stereocenters. The van der Waals surface area contributed by atoms with Gasteiger partial charge in [-0.05, 0) is 37.3 Å². The number of carboxylic acids is 1. The molecule has 0 aliphatic heterocycles. The average Bonchev–Trinajstić information content (AvgIpc) is 2.46. The summed E-state index contributed by atoms with van der Waals surface area (Å²) in [6, 6.07) is 6.14. The van der Waals surface area contributed by atoms with Crippen LogP contribution in [0.25, 0.3) is 0 Å². The van der Waals surface area contributed by atoms with Crippen LogP contribution in [0.5, 0.6) is 0 Å². The van der Waals surface area contributed by atoms with Crippen LogP contribution in [-0.4, -0.2) is 26.0 Å². The Morgan fingerprint density at radius 1 is 1.25 bits per heavy atom. The van der Waals surface area contributed by atoms with Crippen molar-refractivity contribution in [2.75, 3.05) is 10.8 Å². The highest BCUT2D eigenvalue weighted by Crippen LogP contribution is 2.30. The van der Waals surface area contributed by atoms with E-state index in [1.54, 1.807) is 0 Å². The molecule has 24 heavy (non-hydrogen) atoms. The molecule has 2 aromatic carbocycles. The lowest BCUT2D eigenvalue weighted by molar-refractivity contribution is 0.0691. The number of benzene rings is 2. The summed E-state index contributed by atoms with van der Waals surface area (Å²) in [5, 5.41) is 8.49. The Morgan fingerprint density at radius 2 is 1.92 bits per heavy atom. The Hall–Kier alpha value is -2.19. The molecule has 0 fully saturated rings. The minimum atomic E-state index is -4.32. The number of nitrogens with zero attached hydrogens (tertiary/aromatic N) is 1. The van der Waals surface area contributed by atoms with Crippen molar-refractivity contribution in [1.29, 1.82) is 0 Å². The number of rotatable bonds is 5. The molecule has 0 aliphatic rings. The molecule has 2 aromatic rings. The molecular weight excluding hydrogens is 364 g/mol. The highest BCUT2D eigenvalue weighted by molar-refractivity contribution is 7.93. The van der Waals surface area contributed by atoms with Crippen molar-refractivity contribution in [3.05, 3.63) is 58.6 Å². The summed E-state index contributed by atoms with van der Waals surface area (Å²) in [7, 11) is -4.32. The van der Waals surface area contributed by atoms with Gasteiger partial charge in [-0.2, -0.15) is 0 Å². The quantitative estimate of drug-likeness (QED) is 0.867. The van der Waals surface area contributed by atoms with Gasteiger partial charge in [0.2, 0.25) is 0 Å². The standard InChI is InChI=1S/C15H12ClF2NO4S/c1-2-19(10-5-3-4-9(17)6-10)24(22,23)14-7-11(15(20)21)13(18)8-12(14)16/h3-8H,2H2,1H3,(H,20,21). The van der Waals surface area contributed by atoms with Gasteiger partial charge in [-0.1, -0.05) is 17.7 Å². The van der Waals surface area contributed by atoms with Crippen molar-refractivity contribution in [3.8, 4) is 0 Å². The van der Waals surface area contributed by atoms with Crippen molar-refractivity contribution in [1.82, 2.24) is 0 Å². The van der Waals surface area contributed by atoms with Gasteiger partial charge < -0.3 is 5.11 Å². The second-order valence-electron chi connectivity index (χ2n) is 4.72. The van der Waals surface area contributed by atoms with Gasteiger partial charge in [-0.3, -0.25) is 4.31 Å². The van der Waals surface area contributed by atoms with Crippen LogP contribution in [0.15, 0.2) is 41.3 Å². The predicted octanol–water partition coefficient (Wildman–Crippen LogP) is 3.53. The molecule has 128 valence electrons. The van der Waals surface area contributed by atoms with Gasteiger partial charge in [0.25, 0.3) is 10.0 Å². The molecule has 9 heteroatoms. The highest BCUT2D eigenvalue weighted by atomic mass is 35.5. The Bertz CT molecular complexity index is 902. The fourth-order valence-electron chi connectivity index (χ4n) is 2.13. The molecule has 0 heterocycles. The van der Waals surface area contributed by atoms with E-state index in [9.17, 15) is 22.0 Å². The highest BCUT2D eigenvalue weighted by Gasteiger charge is 2.29. The average molecular weight is 376 g/mol. The Balaban J connectivity index is 2.65. The van der Waals surface area contributed by atoms with Crippen LogP contribution in [0.2, 0.25) is 5.02 Å². The minimum absolute atomic E-state index is 0.0368. The molecule has 0 spiro atoms. The third-order valence-corrected chi connectivity index (χ3v) is 5.57. The molecule has 0 radical (unpaired) electrons. The van der Waals surface area contributed by atoms with Crippen LogP contribution in [0.3, 0.4) is 0 Å². The van der Waals surface area contributed by atoms with E-state index in [-0.39, 0.29) is 12.2 Å². The summed E-state index contributed by atoms with van der Waals surface area (Å²) in [4.78, 5) is 10.5. The molecule has 2 rings (SSSR count). The van der Waals surface area contributed by atoms with E-state index >= 15 is 0 Å². The summed E-state index contributed by atoms with van der Waals surface area (Å²) in [5.41, 5.74) is -0.789. The first-order chi connectivity index (χ1) is 11.2. The van der Waals surface area contributed by atoms with Gasteiger partial charge in [-0.15, -0.1) is 0 Å². The van der Waals surface area contributed by atoms with E-state index in [1.807, 2.05) is 0 Å². The fourth-order valence-corrected chi connectivity index (χ4v) is 4.12. The minimum Gasteiger partial charge on any atom is -0.478 e. The van der Waals surface area contributed by atoms with E-state index < -0.39 is 43.1 Å². The van der Waals surface area contributed by atoms with Crippen molar-refractivity contribution in [3.63, 3.8) is 0 Å². The lowest BCUT2D eigenvalue weighted by atomic mass is 10.2. The maximum absolute atomic E-state index is 13.6. The Labute approximate surface area is 142 Å². The van der Waals surface area contributed by atoms with Crippen molar-refractivity contribution >= 4 is 33.3 Å². The third-order valence-electron chi connectivity index (χ3n) is 3.20. The van der Waals surface area contributed by atoms with Crippen LogP contribution in [0, 0.1) is 11.6 Å². The number of anilines is 1. The third kappa shape index (κ3) is 3.34. The Kier molecular flexibility index (Phi) is 5.10. The lowest BCUT2D eigenvalue weighted by Gasteiger charge is -2.23. The first kappa shape index (κ1) is 18.2. The number of halogens is 3. The monoisotopic (exact) mass is 375 g/mol. The molecular formula is C15H12ClF2NO4S. The molecule has 0 aliphatic carbocycles. The van der Waals surface area contributed by atoms with Gasteiger partial charge in [0.15, 0.2) is 0 Å². The van der Waals surface area contributed by atoms with Crippen LogP contribution >= 0.6 is 11.6 Å². The molecule has 0 aromatic heterocycles. The van der Waals surface area contributed by atoms with E-state index in [2.05, 4.69) is 0 Å². The van der Waals surface area contributed by atoms with Crippen molar-refractivity contribution < 1.29 is 27.1 Å². The van der Waals surface area contributed by atoms with Crippen molar-refractivity contribution in [2.24, 2.45) is 0 Å². The number of sulfonamides is 1. The van der Waals surface area contributed by atoms with Gasteiger partial charge in [0, 0.05) is 6.54 Å². The van der Waals surface area contributed by atoms with E-state index in [1.165, 1.54) is 19.1 Å². The predicted molar refractivity (Wildman–Crippen MR) is 85.0 cm³/mol. The first-order valence-corrected chi connectivity index (χ1v) is 8.51. The topological polar surface area (TPSA) is 74.7 Å². The second kappa shape index (κ2) is 6.74. The summed E-state index contributed by atoms with van der Waals surface area (Å²) in [6.45, 7) is 1.44. The number of aromatic carboxylic acids is 1. The zero-order valence-corrected chi connectivity index (χ0v) is 13.9. The summed E-state index contributed by atoms with van der Waals surface area (Å²) < 4.78 is 53.4. The summed E-state index contributed by atoms with van der Waals surface area (Å²) in [6.07, 6.45) is 0. The SMILES string of the molecule is CCN(c1cccc(F)c1)S(=O)(=O)c1cc(C(=O)O)c(F)cc1Cl. The lowest BCUT2D eigenvalue weighted by Crippen LogP contribution is -2.31. The van der Waals surface area contributed by atoms with Crippen molar-refractivity contribution in [2.45, 2.75) is 11.8 Å². The van der Waals surface area contributed by atoms with Crippen LogP contribution in [0.1, 0.15) is 17.3 Å². The molecule has 0 saturated heterocycles. The summed E-state index contributed by atoms with van der Waals surface area (Å²) >= 11 is 5.80. The van der Waals surface area contributed by atoms with Crippen LogP contribution in [0.4, 0.5) is 14.5 Å². The number of hydrogen-bond donors (Lipinski definition) is 1. The van der Waals surface area contributed by atoms with Gasteiger partial charge in [0.1, 0.15) is 16.5 Å².